The van der Waals surface area contributed by atoms with Gasteiger partial charge in [0, 0.05) is 6.20 Å². The number of nitrogens with one attached hydrogen (secondary N) is 1. The summed E-state index contributed by atoms with van der Waals surface area (Å²) in [6.45, 7) is -0.203. The van der Waals surface area contributed by atoms with Gasteiger partial charge >= 0.3 is 0 Å². The van der Waals surface area contributed by atoms with Crippen LogP contribution in [0.25, 0.3) is 0 Å². The van der Waals surface area contributed by atoms with E-state index in [4.69, 9.17) is 5.73 Å². The average molecular weight is 342 g/mol. The molecule has 0 aliphatic carbocycles. The van der Waals surface area contributed by atoms with Crippen molar-refractivity contribution in [3.8, 4) is 0 Å². The Labute approximate surface area is 125 Å². The summed E-state index contributed by atoms with van der Waals surface area (Å²) in [4.78, 5) is 23.4. The van der Waals surface area contributed by atoms with E-state index >= 15 is 0 Å². The van der Waals surface area contributed by atoms with Crippen molar-refractivity contribution < 1.29 is 14.0 Å². The minimum Gasteiger partial charge on any atom is -0.322 e. The van der Waals surface area contributed by atoms with E-state index in [0.29, 0.717) is 0 Å². The molecule has 0 bridgehead atoms. The lowest BCUT2D eigenvalue weighted by Crippen LogP contribution is -2.30. The number of nitrogens with two attached hydrogens (primary N) is 1. The summed E-state index contributed by atoms with van der Waals surface area (Å²) < 4.78 is 14.8. The number of ketones is 1. The molecular formula is C13H13BrFN3O2. The second-order valence-electron chi connectivity index (χ2n) is 3.81. The van der Waals surface area contributed by atoms with Gasteiger partial charge in [-0.3, -0.25) is 19.7 Å². The molecule has 106 valence electrons. The van der Waals surface area contributed by atoms with E-state index in [1.165, 1.54) is 35.1 Å². The molecule has 2 aromatic rings. The third-order valence-electron chi connectivity index (χ3n) is 2.53. The number of halogens is 2. The van der Waals surface area contributed by atoms with Crippen LogP contribution < -0.4 is 11.2 Å². The van der Waals surface area contributed by atoms with Gasteiger partial charge in [0.1, 0.15) is 11.5 Å². The summed E-state index contributed by atoms with van der Waals surface area (Å²) in [7, 11) is 0. The van der Waals surface area contributed by atoms with Crippen LogP contribution in [0.2, 0.25) is 0 Å². The van der Waals surface area contributed by atoms with Crippen LogP contribution in [-0.2, 0) is 4.79 Å². The highest BCUT2D eigenvalue weighted by atomic mass is 79.9. The fourth-order valence-electron chi connectivity index (χ4n) is 1.63. The highest BCUT2D eigenvalue weighted by molar-refractivity contribution is 8.93. The van der Waals surface area contributed by atoms with Crippen LogP contribution in [0.5, 0.6) is 0 Å². The molecule has 1 heterocycles. The molecule has 0 unspecified atom stereocenters. The van der Waals surface area contributed by atoms with E-state index in [-0.39, 0.29) is 34.8 Å². The molecule has 3 N–H and O–H groups in total. The van der Waals surface area contributed by atoms with Crippen molar-refractivity contribution in [3.63, 3.8) is 0 Å². The lowest BCUT2D eigenvalue weighted by molar-refractivity contribution is -0.115. The van der Waals surface area contributed by atoms with Crippen LogP contribution in [0.15, 0.2) is 42.6 Å². The molecule has 0 spiro atoms. The molecule has 0 aliphatic heterocycles. The number of rotatable bonds is 4. The number of hydrogen-bond acceptors (Lipinski definition) is 3. The van der Waals surface area contributed by atoms with E-state index in [2.05, 4.69) is 5.43 Å². The Morgan fingerprint density at radius 3 is 2.55 bits per heavy atom. The lowest BCUT2D eigenvalue weighted by Gasteiger charge is -2.09. The van der Waals surface area contributed by atoms with Crippen molar-refractivity contribution in [2.24, 2.45) is 5.73 Å². The smallest absolute Gasteiger partial charge is 0.252 e. The molecule has 1 amide bonds. The molecule has 0 radical (unpaired) electrons. The maximum Gasteiger partial charge on any atom is 0.252 e. The zero-order chi connectivity index (χ0) is 13.8. The Morgan fingerprint density at radius 2 is 1.90 bits per heavy atom. The number of nitrogens with zero attached hydrogens (tertiary/aromatic N) is 1. The summed E-state index contributed by atoms with van der Waals surface area (Å²) in [6.07, 6.45) is 1.49. The van der Waals surface area contributed by atoms with Crippen molar-refractivity contribution in [1.29, 1.82) is 0 Å². The maximum atomic E-state index is 13.6. The van der Waals surface area contributed by atoms with E-state index in [9.17, 15) is 14.0 Å². The van der Waals surface area contributed by atoms with Crippen LogP contribution in [0.1, 0.15) is 16.1 Å². The van der Waals surface area contributed by atoms with Crippen molar-refractivity contribution in [2.75, 3.05) is 12.0 Å². The second-order valence-corrected chi connectivity index (χ2v) is 3.81. The van der Waals surface area contributed by atoms with Crippen LogP contribution in [0.3, 0.4) is 0 Å². The Bertz CT molecular complexity index is 628. The molecule has 1 aromatic carbocycles. The SMILES string of the molecule is Br.NCC(=O)Nn1cccc1C(=O)c1ccccc1F. The first-order chi connectivity index (χ1) is 9.13. The zero-order valence-electron chi connectivity index (χ0n) is 10.4. The minimum absolute atomic E-state index is 0. The van der Waals surface area contributed by atoms with Gasteiger partial charge in [-0.2, -0.15) is 0 Å². The molecule has 1 aromatic heterocycles. The highest BCUT2D eigenvalue weighted by Crippen LogP contribution is 2.13. The fourth-order valence-corrected chi connectivity index (χ4v) is 1.63. The number of amides is 1. The molecule has 5 nitrogen and oxygen atoms in total. The monoisotopic (exact) mass is 341 g/mol. The van der Waals surface area contributed by atoms with E-state index in [0.717, 1.165) is 0 Å². The van der Waals surface area contributed by atoms with Crippen molar-refractivity contribution in [3.05, 3.63) is 59.7 Å². The molecule has 0 fully saturated rings. The molecule has 0 aliphatic rings. The quantitative estimate of drug-likeness (QED) is 0.826. The number of carbonyl (C=O) groups is 2. The van der Waals surface area contributed by atoms with Crippen molar-refractivity contribution in [1.82, 2.24) is 4.68 Å². The minimum atomic E-state index is -0.606. The number of carbonyl (C=O) groups excluding carboxylic acids is 2. The fraction of sp³-hybridized carbons (Fsp3) is 0.0769. The summed E-state index contributed by atoms with van der Waals surface area (Å²) in [5.74, 6) is -1.57. The summed E-state index contributed by atoms with van der Waals surface area (Å²) in [6, 6.07) is 8.73. The van der Waals surface area contributed by atoms with Gasteiger partial charge in [0.2, 0.25) is 5.78 Å². The Hall–Kier alpha value is -1.99. The first-order valence-electron chi connectivity index (χ1n) is 5.60. The van der Waals surface area contributed by atoms with Gasteiger partial charge in [0.25, 0.3) is 5.91 Å². The van der Waals surface area contributed by atoms with Gasteiger partial charge in [0.05, 0.1) is 12.1 Å². The van der Waals surface area contributed by atoms with Gasteiger partial charge in [-0.25, -0.2) is 4.39 Å². The molecule has 20 heavy (non-hydrogen) atoms. The van der Waals surface area contributed by atoms with Crippen LogP contribution in [-0.4, -0.2) is 22.9 Å². The third-order valence-corrected chi connectivity index (χ3v) is 2.53. The second kappa shape index (κ2) is 6.97. The van der Waals surface area contributed by atoms with Gasteiger partial charge in [-0.1, -0.05) is 12.1 Å². The Balaban J connectivity index is 0.00000200. The van der Waals surface area contributed by atoms with Crippen LogP contribution in [0.4, 0.5) is 4.39 Å². The molecule has 0 atom stereocenters. The predicted octanol–water partition coefficient (Wildman–Crippen LogP) is 1.46. The van der Waals surface area contributed by atoms with Gasteiger partial charge in [0.15, 0.2) is 0 Å². The average Bonchev–Trinajstić information content (AvgIpc) is 2.86. The van der Waals surface area contributed by atoms with Gasteiger partial charge in [-0.15, -0.1) is 17.0 Å². The van der Waals surface area contributed by atoms with Crippen molar-refractivity contribution >= 4 is 28.7 Å². The van der Waals surface area contributed by atoms with E-state index in [1.807, 2.05) is 0 Å². The molecular weight excluding hydrogens is 329 g/mol. The normalized spacial score (nSPS) is 9.70. The first-order valence-corrected chi connectivity index (χ1v) is 5.60. The number of aromatic nitrogens is 1. The molecule has 0 saturated heterocycles. The Morgan fingerprint density at radius 1 is 1.20 bits per heavy atom. The standard InChI is InChI=1S/C13H12FN3O2.BrH/c14-10-5-2-1-4-9(10)13(19)11-6-3-7-17(11)16-12(18)8-15;/h1-7H,8,15H2,(H,16,18);1H. The molecule has 7 heteroatoms. The van der Waals surface area contributed by atoms with E-state index in [1.54, 1.807) is 12.1 Å². The van der Waals surface area contributed by atoms with E-state index < -0.39 is 17.5 Å². The summed E-state index contributed by atoms with van der Waals surface area (Å²) in [5.41, 5.74) is 7.71. The van der Waals surface area contributed by atoms with Gasteiger partial charge < -0.3 is 5.73 Å². The highest BCUT2D eigenvalue weighted by Gasteiger charge is 2.17. The Kier molecular flexibility index (Phi) is 5.60. The molecule has 0 saturated carbocycles. The topological polar surface area (TPSA) is 77.1 Å². The summed E-state index contributed by atoms with van der Waals surface area (Å²) >= 11 is 0. The summed E-state index contributed by atoms with van der Waals surface area (Å²) in [5, 5.41) is 0. The van der Waals surface area contributed by atoms with Crippen molar-refractivity contribution in [2.45, 2.75) is 0 Å². The third kappa shape index (κ3) is 3.31. The van der Waals surface area contributed by atoms with Gasteiger partial charge in [-0.05, 0) is 24.3 Å². The largest absolute Gasteiger partial charge is 0.322 e. The first kappa shape index (κ1) is 16.1. The maximum absolute atomic E-state index is 13.6. The van der Waals surface area contributed by atoms with Crippen LogP contribution >= 0.6 is 17.0 Å². The number of hydrogen-bond donors (Lipinski definition) is 2. The van der Waals surface area contributed by atoms with Crippen LogP contribution in [0, 0.1) is 5.82 Å². The zero-order valence-corrected chi connectivity index (χ0v) is 12.1. The predicted molar refractivity (Wildman–Crippen MR) is 78.0 cm³/mol. The number of benzene rings is 1. The molecule has 2 rings (SSSR count). The lowest BCUT2D eigenvalue weighted by atomic mass is 10.1.